The summed E-state index contributed by atoms with van der Waals surface area (Å²) in [7, 11) is 1.67. The van der Waals surface area contributed by atoms with Gasteiger partial charge in [-0.2, -0.15) is 0 Å². The molecule has 1 aromatic carbocycles. The zero-order valence-corrected chi connectivity index (χ0v) is 8.36. The number of fused-ring (bicyclic) bond motifs is 1. The Kier molecular flexibility index (Phi) is 2.39. The van der Waals surface area contributed by atoms with Crippen molar-refractivity contribution in [3.05, 3.63) is 29.3 Å². The molecule has 1 unspecified atom stereocenters. The molecule has 0 bridgehead atoms. The first-order valence-electron chi connectivity index (χ1n) is 4.66. The molecule has 1 aliphatic heterocycles. The molecule has 0 radical (unpaired) electrons. The SMILES string of the molecule is COc1cccc2c1C=NOC(C)C2. The van der Waals surface area contributed by atoms with Gasteiger partial charge in [0.2, 0.25) is 0 Å². The molecule has 3 heteroatoms. The van der Waals surface area contributed by atoms with E-state index in [1.54, 1.807) is 13.3 Å². The summed E-state index contributed by atoms with van der Waals surface area (Å²) in [5, 5.41) is 3.90. The number of oxime groups is 1. The van der Waals surface area contributed by atoms with Gasteiger partial charge < -0.3 is 9.57 Å². The predicted molar refractivity (Wildman–Crippen MR) is 54.8 cm³/mol. The van der Waals surface area contributed by atoms with Crippen molar-refractivity contribution in [3.63, 3.8) is 0 Å². The van der Waals surface area contributed by atoms with E-state index in [2.05, 4.69) is 11.2 Å². The second-order valence-electron chi connectivity index (χ2n) is 3.39. The molecule has 0 amide bonds. The maximum Gasteiger partial charge on any atom is 0.128 e. The van der Waals surface area contributed by atoms with Crippen LogP contribution >= 0.6 is 0 Å². The summed E-state index contributed by atoms with van der Waals surface area (Å²) in [5.74, 6) is 0.851. The molecule has 3 nitrogen and oxygen atoms in total. The van der Waals surface area contributed by atoms with Gasteiger partial charge in [0.05, 0.1) is 13.3 Å². The second kappa shape index (κ2) is 3.70. The van der Waals surface area contributed by atoms with Gasteiger partial charge in [0, 0.05) is 12.0 Å². The average molecular weight is 191 g/mol. The van der Waals surface area contributed by atoms with Crippen LogP contribution in [0.5, 0.6) is 5.75 Å². The van der Waals surface area contributed by atoms with E-state index < -0.39 is 0 Å². The van der Waals surface area contributed by atoms with Crippen LogP contribution in [0.3, 0.4) is 0 Å². The van der Waals surface area contributed by atoms with Crippen molar-refractivity contribution in [2.75, 3.05) is 7.11 Å². The van der Waals surface area contributed by atoms with E-state index >= 15 is 0 Å². The van der Waals surface area contributed by atoms with Crippen molar-refractivity contribution in [2.24, 2.45) is 5.16 Å². The summed E-state index contributed by atoms with van der Waals surface area (Å²) < 4.78 is 5.26. The summed E-state index contributed by atoms with van der Waals surface area (Å²) >= 11 is 0. The molecule has 1 aromatic rings. The van der Waals surface area contributed by atoms with Gasteiger partial charge in [-0.1, -0.05) is 17.3 Å². The van der Waals surface area contributed by atoms with Crippen molar-refractivity contribution in [1.82, 2.24) is 0 Å². The Labute approximate surface area is 83.3 Å². The van der Waals surface area contributed by atoms with Crippen molar-refractivity contribution >= 4 is 6.21 Å². The molecule has 0 fully saturated rings. The Morgan fingerprint density at radius 3 is 3.14 bits per heavy atom. The van der Waals surface area contributed by atoms with Gasteiger partial charge in [-0.15, -0.1) is 0 Å². The summed E-state index contributed by atoms with van der Waals surface area (Å²) in [4.78, 5) is 5.20. The quantitative estimate of drug-likeness (QED) is 0.679. The highest BCUT2D eigenvalue weighted by Crippen LogP contribution is 2.23. The van der Waals surface area contributed by atoms with E-state index in [1.807, 2.05) is 19.1 Å². The molecule has 74 valence electrons. The van der Waals surface area contributed by atoms with Crippen molar-refractivity contribution < 1.29 is 9.57 Å². The molecule has 14 heavy (non-hydrogen) atoms. The van der Waals surface area contributed by atoms with Crippen LogP contribution < -0.4 is 4.74 Å². The zero-order valence-electron chi connectivity index (χ0n) is 8.36. The third kappa shape index (κ3) is 1.58. The van der Waals surface area contributed by atoms with E-state index in [4.69, 9.17) is 9.57 Å². The Morgan fingerprint density at radius 1 is 1.50 bits per heavy atom. The van der Waals surface area contributed by atoms with Crippen LogP contribution in [0.2, 0.25) is 0 Å². The molecule has 1 heterocycles. The van der Waals surface area contributed by atoms with E-state index in [-0.39, 0.29) is 6.10 Å². The molecular formula is C11H13NO2. The summed E-state index contributed by atoms with van der Waals surface area (Å²) in [5.41, 5.74) is 2.25. The smallest absolute Gasteiger partial charge is 0.128 e. The molecule has 0 saturated heterocycles. The maximum atomic E-state index is 5.26. The van der Waals surface area contributed by atoms with Gasteiger partial charge in [0.25, 0.3) is 0 Å². The first-order valence-corrected chi connectivity index (χ1v) is 4.66. The zero-order chi connectivity index (χ0) is 9.97. The average Bonchev–Trinajstić information content (AvgIpc) is 2.37. The number of methoxy groups -OCH3 is 1. The van der Waals surface area contributed by atoms with E-state index in [0.717, 1.165) is 17.7 Å². The number of hydrogen-bond donors (Lipinski definition) is 0. The van der Waals surface area contributed by atoms with Crippen LogP contribution in [-0.4, -0.2) is 19.4 Å². The van der Waals surface area contributed by atoms with Crippen LogP contribution in [0, 0.1) is 0 Å². The maximum absolute atomic E-state index is 5.26. The van der Waals surface area contributed by atoms with Gasteiger partial charge in [-0.25, -0.2) is 0 Å². The minimum absolute atomic E-state index is 0.125. The van der Waals surface area contributed by atoms with Crippen LogP contribution in [0.25, 0.3) is 0 Å². The third-order valence-electron chi connectivity index (χ3n) is 2.31. The van der Waals surface area contributed by atoms with Crippen LogP contribution in [0.15, 0.2) is 23.4 Å². The Balaban J connectivity index is 2.47. The van der Waals surface area contributed by atoms with Crippen LogP contribution in [-0.2, 0) is 11.3 Å². The summed E-state index contributed by atoms with van der Waals surface area (Å²) in [6.45, 7) is 2.01. The third-order valence-corrected chi connectivity index (χ3v) is 2.31. The normalized spacial score (nSPS) is 19.4. The van der Waals surface area contributed by atoms with E-state index in [0.29, 0.717) is 0 Å². The molecule has 0 spiro atoms. The van der Waals surface area contributed by atoms with Crippen molar-refractivity contribution in [3.8, 4) is 5.75 Å². The standard InChI is InChI=1S/C11H13NO2/c1-8-6-9-4-3-5-11(13-2)10(9)7-12-14-8/h3-5,7-8H,6H2,1-2H3. The monoisotopic (exact) mass is 191 g/mol. The topological polar surface area (TPSA) is 30.8 Å². The first-order chi connectivity index (χ1) is 6.81. The molecule has 0 aliphatic carbocycles. The lowest BCUT2D eigenvalue weighted by Gasteiger charge is -2.09. The fourth-order valence-electron chi connectivity index (χ4n) is 1.63. The Bertz CT molecular complexity index is 360. The first kappa shape index (κ1) is 9.06. The molecule has 0 saturated carbocycles. The van der Waals surface area contributed by atoms with E-state index in [1.165, 1.54) is 5.56 Å². The highest BCUT2D eigenvalue weighted by Gasteiger charge is 2.14. The molecule has 2 rings (SSSR count). The van der Waals surface area contributed by atoms with E-state index in [9.17, 15) is 0 Å². The largest absolute Gasteiger partial charge is 0.496 e. The predicted octanol–water partition coefficient (Wildman–Crippen LogP) is 1.99. The molecule has 1 atom stereocenters. The van der Waals surface area contributed by atoms with Gasteiger partial charge in [-0.3, -0.25) is 0 Å². The number of rotatable bonds is 1. The molecule has 0 aromatic heterocycles. The van der Waals surface area contributed by atoms with Crippen molar-refractivity contribution in [2.45, 2.75) is 19.4 Å². The lowest BCUT2D eigenvalue weighted by molar-refractivity contribution is 0.0760. The van der Waals surface area contributed by atoms with Crippen molar-refractivity contribution in [1.29, 1.82) is 0 Å². The van der Waals surface area contributed by atoms with Gasteiger partial charge in [0.1, 0.15) is 11.9 Å². The van der Waals surface area contributed by atoms with Crippen LogP contribution in [0.1, 0.15) is 18.1 Å². The minimum Gasteiger partial charge on any atom is -0.496 e. The minimum atomic E-state index is 0.125. The lowest BCUT2D eigenvalue weighted by Crippen LogP contribution is -2.07. The molecular weight excluding hydrogens is 178 g/mol. The Morgan fingerprint density at radius 2 is 2.36 bits per heavy atom. The fourth-order valence-corrected chi connectivity index (χ4v) is 1.63. The number of ether oxygens (including phenoxy) is 1. The number of nitrogens with zero attached hydrogens (tertiary/aromatic N) is 1. The number of benzene rings is 1. The fraction of sp³-hybridized carbons (Fsp3) is 0.364. The highest BCUT2D eigenvalue weighted by atomic mass is 16.6. The number of hydrogen-bond acceptors (Lipinski definition) is 3. The van der Waals surface area contributed by atoms with Gasteiger partial charge >= 0.3 is 0 Å². The molecule has 0 N–H and O–H groups in total. The highest BCUT2D eigenvalue weighted by molar-refractivity contribution is 5.85. The summed E-state index contributed by atoms with van der Waals surface area (Å²) in [6, 6.07) is 6.00. The van der Waals surface area contributed by atoms with Crippen LogP contribution in [0.4, 0.5) is 0 Å². The van der Waals surface area contributed by atoms with Gasteiger partial charge in [0.15, 0.2) is 0 Å². The van der Waals surface area contributed by atoms with Gasteiger partial charge in [-0.05, 0) is 18.6 Å². The molecule has 1 aliphatic rings. The second-order valence-corrected chi connectivity index (χ2v) is 3.39. The summed E-state index contributed by atoms with van der Waals surface area (Å²) in [6.07, 6.45) is 2.71. The Hall–Kier alpha value is -1.51. The lowest BCUT2D eigenvalue weighted by atomic mass is 10.0.